The first-order valence-electron chi connectivity index (χ1n) is 16.7. The number of aliphatic hydroxyl groups excluding tert-OH is 3. The number of nitrogens with one attached hydrogen (secondary N) is 1. The first-order valence-corrected chi connectivity index (χ1v) is 16.7. The number of aromatic hydroxyl groups is 2. The van der Waals surface area contributed by atoms with E-state index in [1.165, 1.54) is 20.1 Å². The highest BCUT2D eigenvalue weighted by Crippen LogP contribution is 2.56. The van der Waals surface area contributed by atoms with E-state index < -0.39 is 141 Å². The van der Waals surface area contributed by atoms with Crippen molar-refractivity contribution in [2.24, 2.45) is 10.9 Å². The van der Waals surface area contributed by atoms with Crippen LogP contribution < -0.4 is 5.32 Å². The number of Topliss-reactive ketones (excluding diaryl/α,β-unsaturated/α-hetero) is 4. The van der Waals surface area contributed by atoms with Crippen LogP contribution in [-0.2, 0) is 26.2 Å². The maximum Gasteiger partial charge on any atom is 0.255 e. The molecule has 2 unspecified atom stereocenters. The highest BCUT2D eigenvalue weighted by molar-refractivity contribution is 6.53. The smallest absolute Gasteiger partial charge is 0.255 e. The zero-order valence-electron chi connectivity index (χ0n) is 29.2. The second-order valence-corrected chi connectivity index (χ2v) is 14.0. The van der Waals surface area contributed by atoms with E-state index in [0.29, 0.717) is 0 Å². The lowest BCUT2D eigenvalue weighted by atomic mass is 9.56. The third-order valence-electron chi connectivity index (χ3n) is 10.6. The van der Waals surface area contributed by atoms with Gasteiger partial charge < -0.3 is 50.2 Å². The van der Waals surface area contributed by atoms with Gasteiger partial charge in [-0.15, -0.1) is 0 Å². The Morgan fingerprint density at radius 3 is 2.33 bits per heavy atom. The van der Waals surface area contributed by atoms with E-state index in [1.807, 2.05) is 0 Å². The zero-order valence-corrected chi connectivity index (χ0v) is 29.2. The zero-order chi connectivity index (χ0) is 38.4. The summed E-state index contributed by atoms with van der Waals surface area (Å²) in [5.74, 6) is -8.30. The van der Waals surface area contributed by atoms with E-state index >= 15 is 0 Å². The number of ether oxygens (including phenoxy) is 3. The number of hydrogen-bond acceptors (Lipinski definition) is 15. The molecular formula is C36H40N2O14. The molecule has 52 heavy (non-hydrogen) atoms. The van der Waals surface area contributed by atoms with Crippen LogP contribution in [-0.4, -0.2) is 129 Å². The summed E-state index contributed by atoms with van der Waals surface area (Å²) < 4.78 is 16.6. The molecule has 278 valence electrons. The molecule has 3 aliphatic carbocycles. The van der Waals surface area contributed by atoms with Crippen LogP contribution in [0.15, 0.2) is 17.1 Å². The van der Waals surface area contributed by atoms with Crippen molar-refractivity contribution in [3.63, 3.8) is 0 Å². The molecule has 1 aliphatic heterocycles. The Bertz CT molecular complexity index is 1970. The molecule has 16 nitrogen and oxygen atoms in total. The van der Waals surface area contributed by atoms with Crippen LogP contribution in [0.2, 0.25) is 0 Å². The van der Waals surface area contributed by atoms with Crippen molar-refractivity contribution in [3.8, 4) is 11.5 Å². The van der Waals surface area contributed by atoms with E-state index in [0.717, 1.165) is 13.2 Å². The van der Waals surface area contributed by atoms with Gasteiger partial charge in [-0.2, -0.15) is 0 Å². The number of methoxy groups -OCH3 is 2. The number of aryl methyl sites for hydroxylation is 1. The van der Waals surface area contributed by atoms with Crippen LogP contribution in [0.5, 0.6) is 11.5 Å². The van der Waals surface area contributed by atoms with Gasteiger partial charge in [0, 0.05) is 43.4 Å². The number of ketones is 4. The van der Waals surface area contributed by atoms with E-state index in [1.54, 1.807) is 20.8 Å². The summed E-state index contributed by atoms with van der Waals surface area (Å²) in [4.78, 5) is 74.2. The van der Waals surface area contributed by atoms with Gasteiger partial charge in [-0.25, -0.2) is 0 Å². The van der Waals surface area contributed by atoms with E-state index in [4.69, 9.17) is 14.2 Å². The minimum absolute atomic E-state index is 0.0178. The van der Waals surface area contributed by atoms with Gasteiger partial charge in [-0.1, -0.05) is 6.07 Å². The molecule has 0 spiro atoms. The van der Waals surface area contributed by atoms with Crippen molar-refractivity contribution < 1.29 is 68.8 Å². The molecule has 1 saturated heterocycles. The summed E-state index contributed by atoms with van der Waals surface area (Å²) in [6, 6.07) is 1.85. The van der Waals surface area contributed by atoms with E-state index in [-0.39, 0.29) is 22.7 Å². The van der Waals surface area contributed by atoms with Crippen molar-refractivity contribution in [2.75, 3.05) is 20.8 Å². The van der Waals surface area contributed by atoms with Crippen molar-refractivity contribution >= 4 is 34.8 Å². The molecule has 4 aliphatic rings. The minimum atomic E-state index is -3.22. The molecule has 0 aromatic heterocycles. The number of fused-ring (bicyclic) bond motifs is 5. The SMILES string of the molecule is CO[C@H]1[C@H](C)OC(N=C2CC(=O)c3c(cc4c(c3O)C(=O)[C@]3(OC)[C@H](O)Cc5cc(C)c(C(=O)NC(C)C)c(O)c5[C@]3(O)C4=O)C2=O)C(CO)[C@@H]1O. The number of hydrogen-bond donors (Lipinski definition) is 7. The second kappa shape index (κ2) is 12.9. The first-order chi connectivity index (χ1) is 24.4. The fourth-order valence-electron chi connectivity index (χ4n) is 8.21. The maximum atomic E-state index is 14.7. The average molecular weight is 725 g/mol. The van der Waals surface area contributed by atoms with Crippen LogP contribution in [0.4, 0.5) is 0 Å². The Kier molecular flexibility index (Phi) is 9.27. The summed E-state index contributed by atoms with van der Waals surface area (Å²) in [5, 5.41) is 70.6. The van der Waals surface area contributed by atoms with E-state index in [9.17, 15) is 54.6 Å². The molecule has 1 amide bonds. The molecule has 0 saturated carbocycles. The van der Waals surface area contributed by atoms with Crippen LogP contribution >= 0.6 is 0 Å². The third kappa shape index (κ3) is 4.93. The molecule has 16 heteroatoms. The Balaban J connectivity index is 1.54. The molecule has 6 rings (SSSR count). The number of amides is 1. The Morgan fingerprint density at radius 2 is 1.73 bits per heavy atom. The summed E-state index contributed by atoms with van der Waals surface area (Å²) >= 11 is 0. The third-order valence-corrected chi connectivity index (χ3v) is 10.6. The fourth-order valence-corrected chi connectivity index (χ4v) is 8.21. The standard InChI is InChI=1S/C36H40N2O14/c1-12(2)37-33(48)22-13(3)7-15-8-21(41)36(51-6)32(47)24-17(31(46)35(36,49)25(15)29(22)45)9-16-23(28(24)44)20(40)10-19(26(16)42)38-34-18(11-39)27(43)30(50-5)14(4)52-34/h7,9,12,14,18,21,27,30,34,39,41,43-45,49H,8,10-11H2,1-6H3,(H,37,48)/t14-,18?,21+,27-,30-,34?,35-,36+/m0/s1. The topological polar surface area (TPSA) is 259 Å². The Hall–Kier alpha value is -4.42. The first kappa shape index (κ1) is 37.3. The summed E-state index contributed by atoms with van der Waals surface area (Å²) in [7, 11) is 2.28. The predicted molar refractivity (Wildman–Crippen MR) is 178 cm³/mol. The fraction of sp³-hybridized carbons (Fsp3) is 0.500. The molecule has 8 atom stereocenters. The van der Waals surface area contributed by atoms with Gasteiger partial charge in [0.25, 0.3) is 5.91 Å². The van der Waals surface area contributed by atoms with Crippen LogP contribution in [0.1, 0.15) is 95.7 Å². The number of carbonyl (C=O) groups is 5. The van der Waals surface area contributed by atoms with Crippen LogP contribution in [0, 0.1) is 12.8 Å². The van der Waals surface area contributed by atoms with E-state index in [2.05, 4.69) is 10.3 Å². The molecule has 1 heterocycles. The average Bonchev–Trinajstić information content (AvgIpc) is 3.05. The number of aliphatic hydroxyl groups is 4. The lowest BCUT2D eigenvalue weighted by Crippen LogP contribution is -2.73. The number of carbonyl (C=O) groups excluding carboxylic acids is 5. The molecule has 7 N–H and O–H groups in total. The summed E-state index contributed by atoms with van der Waals surface area (Å²) in [6.07, 6.45) is -7.23. The predicted octanol–water partition coefficient (Wildman–Crippen LogP) is 0.0527. The van der Waals surface area contributed by atoms with Crippen molar-refractivity contribution in [3.05, 3.63) is 56.6 Å². The van der Waals surface area contributed by atoms with Gasteiger partial charge in [-0.05, 0) is 44.9 Å². The highest BCUT2D eigenvalue weighted by atomic mass is 16.6. The Morgan fingerprint density at radius 1 is 1.06 bits per heavy atom. The molecule has 2 aromatic rings. The monoisotopic (exact) mass is 724 g/mol. The Labute approximate surface area is 297 Å². The van der Waals surface area contributed by atoms with Gasteiger partial charge in [0.15, 0.2) is 23.2 Å². The quantitative estimate of drug-likeness (QED) is 0.208. The van der Waals surface area contributed by atoms with Crippen LogP contribution in [0.25, 0.3) is 0 Å². The number of rotatable bonds is 6. The second-order valence-electron chi connectivity index (χ2n) is 14.0. The molecule has 2 aromatic carbocycles. The highest BCUT2D eigenvalue weighted by Gasteiger charge is 2.72. The molecular weight excluding hydrogens is 684 g/mol. The number of nitrogens with zero attached hydrogens (tertiary/aromatic N) is 1. The number of benzene rings is 2. The van der Waals surface area contributed by atoms with Crippen molar-refractivity contribution in [1.82, 2.24) is 5.32 Å². The maximum absolute atomic E-state index is 14.7. The lowest BCUT2D eigenvalue weighted by molar-refractivity contribution is -0.206. The van der Waals surface area contributed by atoms with Gasteiger partial charge in [0.1, 0.15) is 17.6 Å². The van der Waals surface area contributed by atoms with Gasteiger partial charge in [-0.3, -0.25) is 29.0 Å². The lowest BCUT2D eigenvalue weighted by Gasteiger charge is -2.53. The molecule has 0 bridgehead atoms. The van der Waals surface area contributed by atoms with Crippen molar-refractivity contribution in [2.45, 2.75) is 88.4 Å². The number of phenolic OH excluding ortho intramolecular Hbond substituents is 2. The number of aliphatic imine (C=N–C) groups is 1. The van der Waals surface area contributed by atoms with Gasteiger partial charge >= 0.3 is 0 Å². The summed E-state index contributed by atoms with van der Waals surface area (Å²) in [5.41, 5.74) is -9.87. The normalized spacial score (nSPS) is 32.0. The molecule has 0 radical (unpaired) electrons. The van der Waals surface area contributed by atoms with Gasteiger partial charge in [0.05, 0.1) is 59.7 Å². The van der Waals surface area contributed by atoms with Gasteiger partial charge in [0.2, 0.25) is 17.3 Å². The number of phenols is 2. The summed E-state index contributed by atoms with van der Waals surface area (Å²) in [6.45, 7) is 5.80. The van der Waals surface area contributed by atoms with Crippen molar-refractivity contribution in [1.29, 1.82) is 0 Å². The van der Waals surface area contributed by atoms with Crippen LogP contribution in [0.3, 0.4) is 0 Å². The molecule has 1 fully saturated rings. The largest absolute Gasteiger partial charge is 0.507 e. The minimum Gasteiger partial charge on any atom is -0.507 e.